The lowest BCUT2D eigenvalue weighted by Gasteiger charge is -2.42. The van der Waals surface area contributed by atoms with Gasteiger partial charge in [-0.1, -0.05) is 18.7 Å². The van der Waals surface area contributed by atoms with Crippen LogP contribution in [0.1, 0.15) is 52.9 Å². The molecular weight excluding hydrogens is 348 g/mol. The number of nitrogens with zero attached hydrogens (tertiary/aromatic N) is 1. The molecule has 28 heavy (non-hydrogen) atoms. The van der Waals surface area contributed by atoms with Crippen LogP contribution in [-0.4, -0.2) is 41.7 Å². The molecule has 0 aromatic heterocycles. The normalized spacial score (nSPS) is 34.6. The number of nitrogens with one attached hydrogen (secondary N) is 2. The van der Waals surface area contributed by atoms with E-state index >= 15 is 0 Å². The Morgan fingerprint density at radius 2 is 2.29 bits per heavy atom. The average molecular weight is 385 g/mol. The van der Waals surface area contributed by atoms with Crippen LogP contribution in [0.3, 0.4) is 0 Å². The first-order valence-corrected chi connectivity index (χ1v) is 10.6. The maximum absolute atomic E-state index is 11.1. The fourth-order valence-corrected chi connectivity index (χ4v) is 4.95. The van der Waals surface area contributed by atoms with E-state index < -0.39 is 5.60 Å². The van der Waals surface area contributed by atoms with Gasteiger partial charge in [-0.3, -0.25) is 4.99 Å². The number of amidine groups is 1. The lowest BCUT2D eigenvalue weighted by Crippen LogP contribution is -2.46. The smallest absolute Gasteiger partial charge is 0.0909 e. The van der Waals surface area contributed by atoms with Crippen LogP contribution in [0, 0.1) is 11.8 Å². The van der Waals surface area contributed by atoms with E-state index in [4.69, 9.17) is 10.7 Å². The van der Waals surface area contributed by atoms with Crippen molar-refractivity contribution in [2.45, 2.75) is 70.6 Å². The minimum atomic E-state index is -0.604. The van der Waals surface area contributed by atoms with Crippen LogP contribution in [0.15, 0.2) is 46.3 Å². The first-order chi connectivity index (χ1) is 13.3. The summed E-state index contributed by atoms with van der Waals surface area (Å²) in [5.41, 5.74) is 12.2. The number of nitrogens with two attached hydrogens (primary N) is 1. The summed E-state index contributed by atoms with van der Waals surface area (Å²) in [4.78, 5) is 4.71. The average Bonchev–Trinajstić information content (AvgIpc) is 3.09. The van der Waals surface area contributed by atoms with Crippen molar-refractivity contribution in [1.82, 2.24) is 10.6 Å². The molecule has 0 aromatic rings. The molecule has 3 rings (SSSR count). The second-order valence-electron chi connectivity index (χ2n) is 8.82. The standard InChI is InChI=1S/C23H36N4O/c1-15-6-5-7-19(12-15)16(2)26-17(3)21-13-20(23(28)10-11-25-14-23)8-9-22(21)27-18(4)24/h5-6,16,20-22,25-26,28H,3,7-11,13-14H2,1-2,4H3,(H2,24,27). The molecule has 5 heteroatoms. The first-order valence-electron chi connectivity index (χ1n) is 10.6. The molecule has 0 radical (unpaired) electrons. The zero-order chi connectivity index (χ0) is 20.3. The fourth-order valence-electron chi connectivity index (χ4n) is 4.95. The van der Waals surface area contributed by atoms with Gasteiger partial charge in [-0.15, -0.1) is 5.73 Å². The fraction of sp³-hybridized carbons (Fsp3) is 0.652. The molecule has 1 saturated carbocycles. The summed E-state index contributed by atoms with van der Waals surface area (Å²) in [5.74, 6) is 1.06. The molecular formula is C23H36N4O. The van der Waals surface area contributed by atoms with E-state index in [0.29, 0.717) is 12.4 Å². The molecule has 0 amide bonds. The Kier molecular flexibility index (Phi) is 6.49. The molecule has 2 fully saturated rings. The summed E-state index contributed by atoms with van der Waals surface area (Å²) < 4.78 is 0. The molecule has 5 unspecified atom stereocenters. The molecule has 1 saturated heterocycles. The van der Waals surface area contributed by atoms with E-state index in [1.165, 1.54) is 5.57 Å². The highest BCUT2D eigenvalue weighted by Crippen LogP contribution is 2.42. The van der Waals surface area contributed by atoms with Crippen LogP contribution in [0.2, 0.25) is 0 Å². The van der Waals surface area contributed by atoms with Crippen LogP contribution in [0.5, 0.6) is 0 Å². The monoisotopic (exact) mass is 384 g/mol. The van der Waals surface area contributed by atoms with Crippen LogP contribution in [0.4, 0.5) is 0 Å². The van der Waals surface area contributed by atoms with Crippen LogP contribution in [-0.2, 0) is 0 Å². The van der Waals surface area contributed by atoms with Crippen molar-refractivity contribution < 1.29 is 5.11 Å². The van der Waals surface area contributed by atoms with Gasteiger partial charge in [0.15, 0.2) is 0 Å². The van der Waals surface area contributed by atoms with Crippen molar-refractivity contribution >= 4 is 5.84 Å². The molecule has 1 heterocycles. The van der Waals surface area contributed by atoms with E-state index in [1.54, 1.807) is 0 Å². The summed E-state index contributed by atoms with van der Waals surface area (Å²) in [6.45, 7) is 12.1. The lowest BCUT2D eigenvalue weighted by molar-refractivity contribution is -0.0243. The number of hydrogen-bond acceptors (Lipinski definition) is 4. The predicted octanol–water partition coefficient (Wildman–Crippen LogP) is 2.80. The van der Waals surface area contributed by atoms with Gasteiger partial charge in [-0.05, 0) is 76.5 Å². The second-order valence-corrected chi connectivity index (χ2v) is 8.82. The molecule has 5 N–H and O–H groups in total. The van der Waals surface area contributed by atoms with Gasteiger partial charge in [-0.25, -0.2) is 0 Å². The Morgan fingerprint density at radius 1 is 1.50 bits per heavy atom. The molecule has 5 atom stereocenters. The second kappa shape index (κ2) is 8.69. The van der Waals surface area contributed by atoms with Crippen molar-refractivity contribution in [3.8, 4) is 0 Å². The maximum atomic E-state index is 11.1. The third kappa shape index (κ3) is 4.78. The first kappa shape index (κ1) is 20.9. The van der Waals surface area contributed by atoms with E-state index in [2.05, 4.69) is 48.9 Å². The van der Waals surface area contributed by atoms with Crippen molar-refractivity contribution in [3.05, 3.63) is 41.3 Å². The van der Waals surface area contributed by atoms with E-state index in [1.807, 2.05) is 6.92 Å². The molecule has 0 spiro atoms. The molecule has 5 nitrogen and oxygen atoms in total. The van der Waals surface area contributed by atoms with Gasteiger partial charge in [0.05, 0.1) is 23.5 Å². The Labute approximate surface area is 169 Å². The Hall–Kier alpha value is -1.81. The topological polar surface area (TPSA) is 82.7 Å². The van der Waals surface area contributed by atoms with Crippen LogP contribution < -0.4 is 16.4 Å². The van der Waals surface area contributed by atoms with Crippen molar-refractivity contribution in [2.24, 2.45) is 22.6 Å². The van der Waals surface area contributed by atoms with Crippen molar-refractivity contribution in [2.75, 3.05) is 13.1 Å². The summed E-state index contributed by atoms with van der Waals surface area (Å²) in [7, 11) is 0. The summed E-state index contributed by atoms with van der Waals surface area (Å²) in [6, 6.07) is 0.302. The van der Waals surface area contributed by atoms with Gasteiger partial charge >= 0.3 is 0 Å². The molecule has 0 aromatic carbocycles. The van der Waals surface area contributed by atoms with Gasteiger partial charge in [0, 0.05) is 18.2 Å². The number of aliphatic hydroxyl groups is 1. The largest absolute Gasteiger partial charge is 0.388 e. The van der Waals surface area contributed by atoms with Crippen molar-refractivity contribution in [1.29, 1.82) is 0 Å². The van der Waals surface area contributed by atoms with Gasteiger partial charge in [0.2, 0.25) is 0 Å². The quantitative estimate of drug-likeness (QED) is 0.322. The summed E-state index contributed by atoms with van der Waals surface area (Å²) in [6.07, 6.45) is 8.86. The lowest BCUT2D eigenvalue weighted by atomic mass is 9.69. The van der Waals surface area contributed by atoms with Gasteiger partial charge in [-0.2, -0.15) is 0 Å². The molecule has 3 aliphatic rings. The van der Waals surface area contributed by atoms with Gasteiger partial charge < -0.3 is 21.5 Å². The number of allylic oxidation sites excluding steroid dienone is 2. The number of rotatable bonds is 6. The van der Waals surface area contributed by atoms with E-state index in [-0.39, 0.29) is 23.9 Å². The minimum Gasteiger partial charge on any atom is -0.388 e. The zero-order valence-corrected chi connectivity index (χ0v) is 17.6. The number of aliphatic imine (C=N–C) groups is 1. The maximum Gasteiger partial charge on any atom is 0.0909 e. The van der Waals surface area contributed by atoms with Crippen molar-refractivity contribution in [3.63, 3.8) is 0 Å². The number of β-amino-alcohol motifs (C(OH)–C–C–N with tert-alkyl or cyclic N) is 1. The van der Waals surface area contributed by atoms with Crippen LogP contribution in [0.25, 0.3) is 0 Å². The SMILES string of the molecule is C=C(NC(C)C1=C=C(C)C=CC1)C1CC(C2(O)CCNC2)CCC1/N=C(/C)N. The third-order valence-corrected chi connectivity index (χ3v) is 6.54. The van der Waals surface area contributed by atoms with Gasteiger partial charge in [0.1, 0.15) is 0 Å². The molecule has 2 aliphatic carbocycles. The summed E-state index contributed by atoms with van der Waals surface area (Å²) >= 11 is 0. The van der Waals surface area contributed by atoms with Gasteiger partial charge in [0.25, 0.3) is 0 Å². The Morgan fingerprint density at radius 3 is 2.93 bits per heavy atom. The zero-order valence-electron chi connectivity index (χ0n) is 17.6. The molecule has 154 valence electrons. The minimum absolute atomic E-state index is 0.129. The summed E-state index contributed by atoms with van der Waals surface area (Å²) in [5, 5.41) is 18.0. The highest BCUT2D eigenvalue weighted by Gasteiger charge is 2.44. The van der Waals surface area contributed by atoms with E-state index in [9.17, 15) is 5.11 Å². The predicted molar refractivity (Wildman–Crippen MR) is 116 cm³/mol. The highest BCUT2D eigenvalue weighted by atomic mass is 16.3. The highest BCUT2D eigenvalue weighted by molar-refractivity contribution is 5.77. The third-order valence-electron chi connectivity index (χ3n) is 6.54. The Balaban J connectivity index is 1.74. The Bertz CT molecular complexity index is 719. The molecule has 1 aliphatic heterocycles. The molecule has 0 bridgehead atoms. The number of hydrogen-bond donors (Lipinski definition) is 4. The van der Waals surface area contributed by atoms with E-state index in [0.717, 1.165) is 49.9 Å². The van der Waals surface area contributed by atoms with Crippen LogP contribution >= 0.6 is 0 Å².